The molecule has 0 aliphatic rings. The van der Waals surface area contributed by atoms with Crippen LogP contribution in [0.15, 0.2) is 18.2 Å². The van der Waals surface area contributed by atoms with Gasteiger partial charge in [0.2, 0.25) is 0 Å². The summed E-state index contributed by atoms with van der Waals surface area (Å²) in [5, 5.41) is 0.586. The molecule has 0 saturated heterocycles. The fraction of sp³-hybridized carbons (Fsp3) is 0.538. The van der Waals surface area contributed by atoms with E-state index in [9.17, 15) is 0 Å². The lowest BCUT2D eigenvalue weighted by Crippen LogP contribution is -2.11. The van der Waals surface area contributed by atoms with E-state index in [0.717, 1.165) is 12.2 Å². The van der Waals surface area contributed by atoms with Gasteiger partial charge in [-0.15, -0.1) is 0 Å². The van der Waals surface area contributed by atoms with Crippen LogP contribution in [-0.4, -0.2) is 6.10 Å². The largest absolute Gasteiger partial charge is 0.489 e. The second-order valence-electron chi connectivity index (χ2n) is 4.11. The molecule has 1 aromatic rings. The molecule has 1 rings (SSSR count). The summed E-state index contributed by atoms with van der Waals surface area (Å²) >= 11 is 6.03. The predicted octanol–water partition coefficient (Wildman–Crippen LogP) is 4.27. The van der Waals surface area contributed by atoms with Crippen LogP contribution in [0.2, 0.25) is 5.02 Å². The first-order valence-corrected chi connectivity index (χ1v) is 6.23. The Kier molecular flexibility index (Phi) is 5.47. The van der Waals surface area contributed by atoms with Crippen molar-refractivity contribution in [2.24, 2.45) is 0 Å². The summed E-state index contributed by atoms with van der Waals surface area (Å²) in [5.74, 6) is 0.722. The van der Waals surface area contributed by atoms with Crippen LogP contribution in [0.4, 0.5) is 5.69 Å². The van der Waals surface area contributed by atoms with Crippen molar-refractivity contribution in [2.45, 2.75) is 45.6 Å². The van der Waals surface area contributed by atoms with E-state index in [1.165, 1.54) is 19.3 Å². The van der Waals surface area contributed by atoms with E-state index in [0.29, 0.717) is 10.7 Å². The second kappa shape index (κ2) is 6.64. The first-order chi connectivity index (χ1) is 7.63. The zero-order valence-electron chi connectivity index (χ0n) is 10.0. The Morgan fingerprint density at radius 2 is 2.12 bits per heavy atom. The number of unbranched alkanes of at least 4 members (excludes halogenated alkanes) is 2. The fourth-order valence-corrected chi connectivity index (χ4v) is 1.80. The zero-order valence-corrected chi connectivity index (χ0v) is 10.8. The Morgan fingerprint density at radius 3 is 2.75 bits per heavy atom. The van der Waals surface area contributed by atoms with Gasteiger partial charge in [-0.05, 0) is 38.0 Å². The topological polar surface area (TPSA) is 35.2 Å². The van der Waals surface area contributed by atoms with E-state index in [4.69, 9.17) is 22.1 Å². The summed E-state index contributed by atoms with van der Waals surface area (Å²) < 4.78 is 5.76. The molecule has 0 radical (unpaired) electrons. The average Bonchev–Trinajstić information content (AvgIpc) is 2.23. The molecule has 0 heterocycles. The zero-order chi connectivity index (χ0) is 12.0. The van der Waals surface area contributed by atoms with Gasteiger partial charge >= 0.3 is 0 Å². The highest BCUT2D eigenvalue weighted by molar-refractivity contribution is 6.32. The molecule has 1 atom stereocenters. The molecule has 0 saturated carbocycles. The Balaban J connectivity index is 2.46. The molecular formula is C13H20ClNO. The summed E-state index contributed by atoms with van der Waals surface area (Å²) in [5.41, 5.74) is 6.28. The van der Waals surface area contributed by atoms with Crippen LogP contribution in [-0.2, 0) is 0 Å². The highest BCUT2D eigenvalue weighted by Gasteiger charge is 2.07. The monoisotopic (exact) mass is 241 g/mol. The van der Waals surface area contributed by atoms with Crippen molar-refractivity contribution in [2.75, 3.05) is 5.73 Å². The van der Waals surface area contributed by atoms with E-state index in [1.807, 2.05) is 6.07 Å². The van der Waals surface area contributed by atoms with Crippen LogP contribution >= 0.6 is 11.6 Å². The van der Waals surface area contributed by atoms with E-state index >= 15 is 0 Å². The van der Waals surface area contributed by atoms with Crippen molar-refractivity contribution >= 4 is 17.3 Å². The number of ether oxygens (including phenoxy) is 1. The maximum atomic E-state index is 6.03. The van der Waals surface area contributed by atoms with Gasteiger partial charge in [0.25, 0.3) is 0 Å². The van der Waals surface area contributed by atoms with Crippen LogP contribution in [0.1, 0.15) is 39.5 Å². The molecule has 3 heteroatoms. The number of nitrogens with two attached hydrogens (primary N) is 1. The number of hydrogen-bond donors (Lipinski definition) is 1. The first kappa shape index (κ1) is 13.2. The number of halogens is 1. The van der Waals surface area contributed by atoms with Crippen LogP contribution in [0, 0.1) is 0 Å². The standard InChI is InChI=1S/C13H20ClNO/c1-3-4-5-6-10(2)16-13-8-7-11(15)9-12(13)14/h7-10H,3-6,15H2,1-2H3/t10-/m0/s1. The number of hydrogen-bond acceptors (Lipinski definition) is 2. The lowest BCUT2D eigenvalue weighted by molar-refractivity contribution is 0.207. The number of rotatable bonds is 6. The van der Waals surface area contributed by atoms with E-state index < -0.39 is 0 Å². The summed E-state index contributed by atoms with van der Waals surface area (Å²) in [6.45, 7) is 4.27. The molecule has 16 heavy (non-hydrogen) atoms. The predicted molar refractivity (Wildman–Crippen MR) is 70.1 cm³/mol. The SMILES string of the molecule is CCCCC[C@H](C)Oc1ccc(N)cc1Cl. The quantitative estimate of drug-likeness (QED) is 0.596. The molecule has 0 aliphatic heterocycles. The summed E-state index contributed by atoms with van der Waals surface area (Å²) in [6, 6.07) is 5.35. The molecule has 0 spiro atoms. The van der Waals surface area contributed by atoms with Crippen LogP contribution in [0.25, 0.3) is 0 Å². The van der Waals surface area contributed by atoms with Gasteiger partial charge in [0, 0.05) is 5.69 Å². The van der Waals surface area contributed by atoms with Gasteiger partial charge in [-0.25, -0.2) is 0 Å². The first-order valence-electron chi connectivity index (χ1n) is 5.85. The normalized spacial score (nSPS) is 12.4. The number of anilines is 1. The van der Waals surface area contributed by atoms with E-state index in [1.54, 1.807) is 12.1 Å². The third-order valence-corrected chi connectivity index (χ3v) is 2.79. The van der Waals surface area contributed by atoms with Gasteiger partial charge in [-0.3, -0.25) is 0 Å². The van der Waals surface area contributed by atoms with Gasteiger partial charge in [0.15, 0.2) is 0 Å². The minimum absolute atomic E-state index is 0.202. The van der Waals surface area contributed by atoms with Crippen LogP contribution in [0.5, 0.6) is 5.75 Å². The molecule has 2 N–H and O–H groups in total. The highest BCUT2D eigenvalue weighted by Crippen LogP contribution is 2.27. The molecule has 0 unspecified atom stereocenters. The lowest BCUT2D eigenvalue weighted by Gasteiger charge is -2.15. The minimum Gasteiger partial charge on any atom is -0.489 e. The average molecular weight is 242 g/mol. The minimum atomic E-state index is 0.202. The van der Waals surface area contributed by atoms with Crippen molar-refractivity contribution in [3.05, 3.63) is 23.2 Å². The summed E-state index contributed by atoms with van der Waals surface area (Å²) in [6.07, 6.45) is 4.95. The molecule has 0 bridgehead atoms. The highest BCUT2D eigenvalue weighted by atomic mass is 35.5. The third-order valence-electron chi connectivity index (χ3n) is 2.50. The molecule has 0 aliphatic carbocycles. The smallest absolute Gasteiger partial charge is 0.138 e. The Labute approximate surface area is 103 Å². The summed E-state index contributed by atoms with van der Waals surface area (Å²) in [4.78, 5) is 0. The van der Waals surface area contributed by atoms with E-state index in [-0.39, 0.29) is 6.10 Å². The molecule has 90 valence electrons. The van der Waals surface area contributed by atoms with Gasteiger partial charge in [0.1, 0.15) is 5.75 Å². The maximum absolute atomic E-state index is 6.03. The molecule has 2 nitrogen and oxygen atoms in total. The van der Waals surface area contributed by atoms with Gasteiger partial charge < -0.3 is 10.5 Å². The van der Waals surface area contributed by atoms with Crippen molar-refractivity contribution in [1.29, 1.82) is 0 Å². The summed E-state index contributed by atoms with van der Waals surface area (Å²) in [7, 11) is 0. The molecule has 0 amide bonds. The molecule has 0 aromatic heterocycles. The van der Waals surface area contributed by atoms with Crippen LogP contribution < -0.4 is 10.5 Å². The maximum Gasteiger partial charge on any atom is 0.138 e. The molecular weight excluding hydrogens is 222 g/mol. The fourth-order valence-electron chi connectivity index (χ4n) is 1.57. The Morgan fingerprint density at radius 1 is 1.38 bits per heavy atom. The number of benzene rings is 1. The van der Waals surface area contributed by atoms with Gasteiger partial charge in [-0.2, -0.15) is 0 Å². The molecule has 0 fully saturated rings. The van der Waals surface area contributed by atoms with Crippen molar-refractivity contribution in [1.82, 2.24) is 0 Å². The second-order valence-corrected chi connectivity index (χ2v) is 4.52. The third kappa shape index (κ3) is 4.31. The Bertz CT molecular complexity index is 328. The molecule has 1 aromatic carbocycles. The Hall–Kier alpha value is -0.890. The van der Waals surface area contributed by atoms with E-state index in [2.05, 4.69) is 13.8 Å². The van der Waals surface area contributed by atoms with Crippen LogP contribution in [0.3, 0.4) is 0 Å². The lowest BCUT2D eigenvalue weighted by atomic mass is 10.1. The van der Waals surface area contributed by atoms with Gasteiger partial charge in [0.05, 0.1) is 11.1 Å². The van der Waals surface area contributed by atoms with Crippen molar-refractivity contribution < 1.29 is 4.74 Å². The van der Waals surface area contributed by atoms with Crippen molar-refractivity contribution in [3.63, 3.8) is 0 Å². The number of nitrogen functional groups attached to an aromatic ring is 1. The van der Waals surface area contributed by atoms with Crippen molar-refractivity contribution in [3.8, 4) is 5.75 Å². The van der Waals surface area contributed by atoms with Gasteiger partial charge in [-0.1, -0.05) is 31.4 Å².